The van der Waals surface area contributed by atoms with Crippen molar-refractivity contribution < 1.29 is 24.5 Å². The van der Waals surface area contributed by atoms with Gasteiger partial charge < -0.3 is 20.3 Å². The van der Waals surface area contributed by atoms with Gasteiger partial charge in [-0.3, -0.25) is 9.59 Å². The van der Waals surface area contributed by atoms with Gasteiger partial charge in [-0.05, 0) is 51.4 Å². The molecule has 80 heavy (non-hydrogen) atoms. The van der Waals surface area contributed by atoms with Gasteiger partial charge in [0, 0.05) is 12.8 Å². The molecule has 0 rings (SSSR count). The Hall–Kier alpha value is -1.66. The maximum atomic E-state index is 12.6. The van der Waals surface area contributed by atoms with Crippen LogP contribution in [0.1, 0.15) is 412 Å². The third-order valence-corrected chi connectivity index (χ3v) is 17.2. The molecule has 0 bridgehead atoms. The molecular weight excluding hydrogens is 983 g/mol. The first-order valence-corrected chi connectivity index (χ1v) is 36.6. The molecule has 0 aliphatic rings. The number of hydrogen-bond donors (Lipinski definition) is 3. The lowest BCUT2D eigenvalue weighted by Gasteiger charge is -2.22. The molecule has 0 aliphatic heterocycles. The second-order valence-corrected chi connectivity index (χ2v) is 25.3. The van der Waals surface area contributed by atoms with Gasteiger partial charge in [-0.1, -0.05) is 372 Å². The molecule has 474 valence electrons. The van der Waals surface area contributed by atoms with Crippen molar-refractivity contribution >= 4 is 11.9 Å². The number of ether oxygens (including phenoxy) is 1. The van der Waals surface area contributed by atoms with Crippen LogP contribution in [0.2, 0.25) is 0 Å². The maximum Gasteiger partial charge on any atom is 0.305 e. The minimum Gasteiger partial charge on any atom is -0.466 e. The van der Waals surface area contributed by atoms with Crippen LogP contribution >= 0.6 is 0 Å². The summed E-state index contributed by atoms with van der Waals surface area (Å²) in [5.74, 6) is -0.0249. The van der Waals surface area contributed by atoms with E-state index < -0.39 is 12.1 Å². The Morgan fingerprint density at radius 1 is 0.350 bits per heavy atom. The van der Waals surface area contributed by atoms with Crippen molar-refractivity contribution in [2.45, 2.75) is 424 Å². The highest BCUT2D eigenvalue weighted by Crippen LogP contribution is 2.20. The van der Waals surface area contributed by atoms with E-state index >= 15 is 0 Å². The molecule has 3 N–H and O–H groups in total. The van der Waals surface area contributed by atoms with Gasteiger partial charge >= 0.3 is 5.97 Å². The van der Waals surface area contributed by atoms with E-state index in [0.29, 0.717) is 25.9 Å². The molecule has 0 heterocycles. The summed E-state index contributed by atoms with van der Waals surface area (Å²) in [5.41, 5.74) is 0. The number of hydrogen-bond acceptors (Lipinski definition) is 5. The summed E-state index contributed by atoms with van der Waals surface area (Å²) >= 11 is 0. The molecule has 0 aromatic rings. The van der Waals surface area contributed by atoms with Crippen molar-refractivity contribution in [1.82, 2.24) is 5.32 Å². The van der Waals surface area contributed by atoms with Gasteiger partial charge in [-0.2, -0.15) is 0 Å². The van der Waals surface area contributed by atoms with Gasteiger partial charge in [-0.25, -0.2) is 0 Å². The molecule has 0 aromatic carbocycles. The molecule has 0 saturated heterocycles. The average Bonchev–Trinajstić information content (AvgIpc) is 3.46. The van der Waals surface area contributed by atoms with Crippen LogP contribution in [-0.4, -0.2) is 47.4 Å². The number of aliphatic hydroxyl groups excluding tert-OH is 2. The fraction of sp³-hybridized carbons (Fsp3) is 0.919. The van der Waals surface area contributed by atoms with Gasteiger partial charge in [0.05, 0.1) is 25.4 Å². The molecule has 0 fully saturated rings. The van der Waals surface area contributed by atoms with Crippen LogP contribution in [-0.2, 0) is 14.3 Å². The van der Waals surface area contributed by atoms with Crippen LogP contribution in [0.15, 0.2) is 24.3 Å². The first-order valence-electron chi connectivity index (χ1n) is 36.6. The number of amides is 1. The number of nitrogens with one attached hydrogen (secondary N) is 1. The molecule has 6 nitrogen and oxygen atoms in total. The Labute approximate surface area is 501 Å². The monoisotopic (exact) mass is 1130 g/mol. The van der Waals surface area contributed by atoms with Crippen molar-refractivity contribution in [2.24, 2.45) is 0 Å². The SMILES string of the molecule is CCC/C=C\C/C=C\CCCCCCCC(=O)OCCCCCCCCCCCCCCCCCCCCCCCCCCCCC(=O)NC(CO)C(O)CCCCCCCCCCCCCCCCCCCCCCCCCC. The minimum absolute atomic E-state index is 0.00277. The highest BCUT2D eigenvalue weighted by atomic mass is 16.5. The zero-order valence-corrected chi connectivity index (χ0v) is 54.3. The van der Waals surface area contributed by atoms with Crippen LogP contribution in [0.4, 0.5) is 0 Å². The Bertz CT molecular complexity index is 1250. The van der Waals surface area contributed by atoms with E-state index in [1.807, 2.05) is 0 Å². The summed E-state index contributed by atoms with van der Waals surface area (Å²) in [4.78, 5) is 24.6. The smallest absolute Gasteiger partial charge is 0.305 e. The molecule has 0 saturated carbocycles. The number of unbranched alkanes of at least 4 members (excludes halogenated alkanes) is 54. The molecule has 0 spiro atoms. The normalized spacial score (nSPS) is 12.6. The van der Waals surface area contributed by atoms with Crippen molar-refractivity contribution in [3.05, 3.63) is 24.3 Å². The summed E-state index contributed by atoms with van der Waals surface area (Å²) in [6.07, 6.45) is 88.1. The van der Waals surface area contributed by atoms with Gasteiger partial charge in [0.1, 0.15) is 0 Å². The Kier molecular flexibility index (Phi) is 68.4. The zero-order chi connectivity index (χ0) is 57.8. The fourth-order valence-electron chi connectivity index (χ4n) is 11.7. The second-order valence-electron chi connectivity index (χ2n) is 25.3. The van der Waals surface area contributed by atoms with Crippen LogP contribution in [0, 0.1) is 0 Å². The van der Waals surface area contributed by atoms with Crippen LogP contribution in [0.3, 0.4) is 0 Å². The Morgan fingerprint density at radius 2 is 0.650 bits per heavy atom. The summed E-state index contributed by atoms with van der Waals surface area (Å²) in [5, 5.41) is 23.5. The molecule has 6 heteroatoms. The van der Waals surface area contributed by atoms with E-state index in [2.05, 4.69) is 43.5 Å². The highest BCUT2D eigenvalue weighted by molar-refractivity contribution is 5.76. The summed E-state index contributed by atoms with van der Waals surface area (Å²) in [7, 11) is 0. The predicted molar refractivity (Wildman–Crippen MR) is 352 cm³/mol. The first kappa shape index (κ1) is 78.3. The standard InChI is InChI=1S/C74H143NO5/c1-3-5-7-9-11-13-15-17-18-19-20-21-22-27-30-33-36-39-43-46-50-54-58-62-66-72(77)71(70-76)75-73(78)67-63-59-55-51-47-44-40-37-34-31-28-25-23-24-26-29-32-35-38-41-45-49-53-57-61-65-69-80-74(79)68-64-60-56-52-48-42-16-14-12-10-8-6-4-2/h8,10,14,16,71-72,76-77H,3-7,9,11-13,15,17-70H2,1-2H3,(H,75,78)/b10-8-,16-14-. The summed E-state index contributed by atoms with van der Waals surface area (Å²) in [6.45, 7) is 4.93. The quantitative estimate of drug-likeness (QED) is 0.0320. The van der Waals surface area contributed by atoms with Crippen LogP contribution in [0.5, 0.6) is 0 Å². The lowest BCUT2D eigenvalue weighted by molar-refractivity contribution is -0.143. The van der Waals surface area contributed by atoms with Gasteiger partial charge in [0.25, 0.3) is 0 Å². The molecule has 0 radical (unpaired) electrons. The van der Waals surface area contributed by atoms with Gasteiger partial charge in [0.2, 0.25) is 5.91 Å². The molecule has 2 unspecified atom stereocenters. The molecule has 2 atom stereocenters. The van der Waals surface area contributed by atoms with E-state index in [-0.39, 0.29) is 18.5 Å². The van der Waals surface area contributed by atoms with E-state index in [4.69, 9.17) is 4.74 Å². The van der Waals surface area contributed by atoms with Crippen molar-refractivity contribution in [1.29, 1.82) is 0 Å². The summed E-state index contributed by atoms with van der Waals surface area (Å²) in [6, 6.07) is -0.541. The maximum absolute atomic E-state index is 12.6. The van der Waals surface area contributed by atoms with Crippen LogP contribution in [0.25, 0.3) is 0 Å². The number of carbonyl (C=O) groups is 2. The number of rotatable bonds is 69. The lowest BCUT2D eigenvalue weighted by atomic mass is 10.0. The van der Waals surface area contributed by atoms with E-state index in [9.17, 15) is 19.8 Å². The number of allylic oxidation sites excluding steroid dienone is 4. The van der Waals surface area contributed by atoms with Crippen molar-refractivity contribution in [3.8, 4) is 0 Å². The number of aliphatic hydroxyl groups is 2. The molecule has 0 aromatic heterocycles. The predicted octanol–water partition coefficient (Wildman–Crippen LogP) is 23.7. The minimum atomic E-state index is -0.664. The van der Waals surface area contributed by atoms with Gasteiger partial charge in [-0.15, -0.1) is 0 Å². The van der Waals surface area contributed by atoms with Crippen molar-refractivity contribution in [3.63, 3.8) is 0 Å². The van der Waals surface area contributed by atoms with Crippen molar-refractivity contribution in [2.75, 3.05) is 13.2 Å². The topological polar surface area (TPSA) is 95.9 Å². The number of esters is 1. The fourth-order valence-corrected chi connectivity index (χ4v) is 11.7. The van der Waals surface area contributed by atoms with Gasteiger partial charge in [0.15, 0.2) is 0 Å². The van der Waals surface area contributed by atoms with Crippen LogP contribution < -0.4 is 5.32 Å². The third kappa shape index (κ3) is 65.5. The van der Waals surface area contributed by atoms with E-state index in [0.717, 1.165) is 51.4 Å². The average molecular weight is 1130 g/mol. The number of carbonyl (C=O) groups excluding carboxylic acids is 2. The molecule has 1 amide bonds. The molecular formula is C74H143NO5. The second kappa shape index (κ2) is 69.8. The third-order valence-electron chi connectivity index (χ3n) is 17.2. The van der Waals surface area contributed by atoms with E-state index in [1.54, 1.807) is 0 Å². The first-order chi connectivity index (χ1) is 39.5. The Balaban J connectivity index is 3.36. The Morgan fingerprint density at radius 3 is 1.00 bits per heavy atom. The highest BCUT2D eigenvalue weighted by Gasteiger charge is 2.20. The zero-order valence-electron chi connectivity index (χ0n) is 54.3. The van der Waals surface area contributed by atoms with E-state index in [1.165, 1.54) is 327 Å². The molecule has 0 aliphatic carbocycles. The largest absolute Gasteiger partial charge is 0.466 e. The lowest BCUT2D eigenvalue weighted by Crippen LogP contribution is -2.45. The summed E-state index contributed by atoms with van der Waals surface area (Å²) < 4.78 is 5.48.